The van der Waals surface area contributed by atoms with E-state index in [9.17, 15) is 4.79 Å². The van der Waals surface area contributed by atoms with Gasteiger partial charge in [-0.25, -0.2) is 0 Å². The van der Waals surface area contributed by atoms with Crippen LogP contribution in [0, 0.1) is 0 Å². The zero-order valence-corrected chi connectivity index (χ0v) is 12.6. The van der Waals surface area contributed by atoms with Crippen molar-refractivity contribution in [1.82, 2.24) is 0 Å². The molecule has 0 unspecified atom stereocenters. The lowest BCUT2D eigenvalue weighted by atomic mass is 10.2. The van der Waals surface area contributed by atoms with Crippen molar-refractivity contribution in [1.29, 1.82) is 0 Å². The Morgan fingerprint density at radius 3 is 2.19 bits per heavy atom. The molecule has 0 fully saturated rings. The highest BCUT2D eigenvalue weighted by atomic mass is 16.5. The van der Waals surface area contributed by atoms with Crippen molar-refractivity contribution >= 4 is 17.8 Å². The Kier molecular flexibility index (Phi) is 10.2. The average molecular weight is 295 g/mol. The summed E-state index contributed by atoms with van der Waals surface area (Å²) in [6.07, 6.45) is 1.23. The molecule has 21 heavy (non-hydrogen) atoms. The maximum Gasteiger partial charge on any atom is 0.373 e. The van der Waals surface area contributed by atoms with Crippen LogP contribution in [0.25, 0.3) is 0 Å². The Morgan fingerprint density at radius 1 is 1.19 bits per heavy atom. The number of carbonyl (C=O) groups is 1. The highest BCUT2D eigenvalue weighted by Gasteiger charge is 2.11. The van der Waals surface area contributed by atoms with Gasteiger partial charge in [-0.3, -0.25) is 4.79 Å². The first-order chi connectivity index (χ1) is 10.1. The molecule has 0 aliphatic carbocycles. The number of nitrogens with zero attached hydrogens (tertiary/aromatic N) is 1. The van der Waals surface area contributed by atoms with Gasteiger partial charge in [0.2, 0.25) is 0 Å². The number of hydrogen-bond donors (Lipinski definition) is 0. The average Bonchev–Trinajstić information content (AvgIpc) is 2.48. The van der Waals surface area contributed by atoms with Crippen LogP contribution in [0.15, 0.2) is 24.3 Å². The fourth-order valence-corrected chi connectivity index (χ4v) is 1.72. The van der Waals surface area contributed by atoms with Crippen molar-refractivity contribution in [2.45, 2.75) is 20.3 Å². The Bertz CT molecular complexity index is 438. The highest BCUT2D eigenvalue weighted by Crippen LogP contribution is 2.19. The minimum atomic E-state index is -0.193. The van der Waals surface area contributed by atoms with Gasteiger partial charge in [0.1, 0.15) is 12.3 Å². The smallest absolute Gasteiger partial charge is 0.373 e. The van der Waals surface area contributed by atoms with Crippen LogP contribution in [0.2, 0.25) is 0 Å². The summed E-state index contributed by atoms with van der Waals surface area (Å²) < 4.78 is 10.1. The van der Waals surface area contributed by atoms with E-state index in [1.807, 2.05) is 36.1 Å². The summed E-state index contributed by atoms with van der Waals surface area (Å²) in [5, 5.41) is 0. The number of benzene rings is 1. The number of carbonyl (C=O) groups excluding carboxylic acids is 3. The maximum absolute atomic E-state index is 11.5. The summed E-state index contributed by atoms with van der Waals surface area (Å²) in [5.74, 6) is 0.619. The van der Waals surface area contributed by atoms with E-state index in [4.69, 9.17) is 19.1 Å². The minimum absolute atomic E-state index is 0.193. The molecule has 0 saturated heterocycles. The molecule has 6 heteroatoms. The molecule has 0 aromatic heterocycles. The molecule has 0 spiro atoms. The molecule has 0 heterocycles. The largest absolute Gasteiger partial charge is 0.497 e. The molecule has 1 rings (SSSR count). The van der Waals surface area contributed by atoms with Gasteiger partial charge in [0, 0.05) is 12.2 Å². The van der Waals surface area contributed by atoms with Gasteiger partial charge >= 0.3 is 12.1 Å². The Balaban J connectivity index is 0.00000122. The second-order valence-corrected chi connectivity index (χ2v) is 4.01. The molecule has 1 aromatic carbocycles. The minimum Gasteiger partial charge on any atom is -0.497 e. The van der Waals surface area contributed by atoms with Gasteiger partial charge in [0.25, 0.3) is 0 Å². The van der Waals surface area contributed by atoms with Crippen molar-refractivity contribution < 1.29 is 23.9 Å². The molecule has 0 radical (unpaired) electrons. The van der Waals surface area contributed by atoms with Crippen molar-refractivity contribution in [3.8, 4) is 5.75 Å². The third-order valence-corrected chi connectivity index (χ3v) is 2.56. The van der Waals surface area contributed by atoms with E-state index in [1.54, 1.807) is 7.11 Å². The molecular weight excluding hydrogens is 274 g/mol. The first-order valence-electron chi connectivity index (χ1n) is 6.66. The molecule has 0 atom stereocenters. The second-order valence-electron chi connectivity index (χ2n) is 4.01. The van der Waals surface area contributed by atoms with Crippen LogP contribution in [0.4, 0.5) is 5.69 Å². The normalized spacial score (nSPS) is 8.90. The number of methoxy groups -OCH3 is 1. The molecule has 0 bridgehead atoms. The highest BCUT2D eigenvalue weighted by molar-refractivity contribution is 5.75. The number of esters is 1. The Labute approximate surface area is 124 Å². The van der Waals surface area contributed by atoms with Crippen LogP contribution in [-0.2, 0) is 19.1 Å². The molecule has 1 aromatic rings. The SMILES string of the molecule is CCCN(CC(=O)OCC)c1ccc(OC)cc1.O=C=O. The second kappa shape index (κ2) is 11.5. The van der Waals surface area contributed by atoms with E-state index in [1.165, 1.54) is 0 Å². The summed E-state index contributed by atoms with van der Waals surface area (Å²) in [4.78, 5) is 29.8. The number of hydrogen-bond acceptors (Lipinski definition) is 6. The lowest BCUT2D eigenvalue weighted by Crippen LogP contribution is -2.31. The van der Waals surface area contributed by atoms with Crippen LogP contribution < -0.4 is 9.64 Å². The molecule has 0 aliphatic rings. The van der Waals surface area contributed by atoms with E-state index in [-0.39, 0.29) is 18.7 Å². The predicted octanol–water partition coefficient (Wildman–Crippen LogP) is 1.89. The number of ether oxygens (including phenoxy) is 2. The van der Waals surface area contributed by atoms with Gasteiger partial charge in [-0.05, 0) is 37.6 Å². The van der Waals surface area contributed by atoms with E-state index in [0.717, 1.165) is 24.4 Å². The van der Waals surface area contributed by atoms with Gasteiger partial charge in [0.15, 0.2) is 0 Å². The van der Waals surface area contributed by atoms with E-state index < -0.39 is 0 Å². The topological polar surface area (TPSA) is 72.9 Å². The van der Waals surface area contributed by atoms with Gasteiger partial charge in [-0.15, -0.1) is 0 Å². The van der Waals surface area contributed by atoms with Crippen molar-refractivity contribution in [2.24, 2.45) is 0 Å². The van der Waals surface area contributed by atoms with E-state index in [2.05, 4.69) is 6.92 Å². The van der Waals surface area contributed by atoms with Crippen LogP contribution in [-0.4, -0.2) is 38.9 Å². The Morgan fingerprint density at radius 2 is 1.76 bits per heavy atom. The quantitative estimate of drug-likeness (QED) is 0.715. The third kappa shape index (κ3) is 7.74. The first-order valence-corrected chi connectivity index (χ1v) is 6.66. The summed E-state index contributed by atoms with van der Waals surface area (Å²) in [6.45, 7) is 5.43. The monoisotopic (exact) mass is 295 g/mol. The van der Waals surface area contributed by atoms with Gasteiger partial charge in [0.05, 0.1) is 13.7 Å². The van der Waals surface area contributed by atoms with Crippen LogP contribution in [0.1, 0.15) is 20.3 Å². The number of anilines is 1. The first kappa shape index (κ1) is 18.7. The molecule has 0 saturated carbocycles. The van der Waals surface area contributed by atoms with Crippen LogP contribution in [0.5, 0.6) is 5.75 Å². The fourth-order valence-electron chi connectivity index (χ4n) is 1.72. The van der Waals surface area contributed by atoms with Gasteiger partial charge < -0.3 is 14.4 Å². The summed E-state index contributed by atoms with van der Waals surface area (Å²) in [5.41, 5.74) is 1.01. The summed E-state index contributed by atoms with van der Waals surface area (Å²) >= 11 is 0. The fraction of sp³-hybridized carbons (Fsp3) is 0.467. The van der Waals surface area contributed by atoms with Gasteiger partial charge in [-0.2, -0.15) is 9.59 Å². The standard InChI is InChI=1S/C14H21NO3.CO2/c1-4-10-15(11-14(16)18-5-2)12-6-8-13(17-3)9-7-12;2-1-3/h6-9H,4-5,10-11H2,1-3H3;. The Hall–Kier alpha value is -2.33. The molecule has 0 aliphatic heterocycles. The molecular formula is C15H21NO5. The van der Waals surface area contributed by atoms with E-state index in [0.29, 0.717) is 6.61 Å². The van der Waals surface area contributed by atoms with Crippen LogP contribution >= 0.6 is 0 Å². The lowest BCUT2D eigenvalue weighted by Gasteiger charge is -2.23. The molecule has 116 valence electrons. The summed E-state index contributed by atoms with van der Waals surface area (Å²) in [6, 6.07) is 7.69. The van der Waals surface area contributed by atoms with Gasteiger partial charge in [-0.1, -0.05) is 6.92 Å². The van der Waals surface area contributed by atoms with E-state index >= 15 is 0 Å². The lowest BCUT2D eigenvalue weighted by molar-refractivity contribution is -0.191. The molecule has 0 amide bonds. The number of rotatable bonds is 7. The zero-order valence-electron chi connectivity index (χ0n) is 12.6. The van der Waals surface area contributed by atoms with Crippen molar-refractivity contribution in [2.75, 3.05) is 31.7 Å². The molecule has 6 nitrogen and oxygen atoms in total. The predicted molar refractivity (Wildman–Crippen MR) is 77.1 cm³/mol. The third-order valence-electron chi connectivity index (χ3n) is 2.56. The molecule has 0 N–H and O–H groups in total. The van der Waals surface area contributed by atoms with Crippen molar-refractivity contribution in [3.05, 3.63) is 24.3 Å². The van der Waals surface area contributed by atoms with Crippen molar-refractivity contribution in [3.63, 3.8) is 0 Å². The van der Waals surface area contributed by atoms with Crippen LogP contribution in [0.3, 0.4) is 0 Å². The summed E-state index contributed by atoms with van der Waals surface area (Å²) in [7, 11) is 1.64. The maximum atomic E-state index is 11.5. The zero-order chi connectivity index (χ0) is 16.1.